The highest BCUT2D eigenvalue weighted by Crippen LogP contribution is 2.40. The van der Waals surface area contributed by atoms with Crippen molar-refractivity contribution < 1.29 is 0 Å². The highest BCUT2D eigenvalue weighted by molar-refractivity contribution is 5.51. The van der Waals surface area contributed by atoms with Gasteiger partial charge in [-0.1, -0.05) is 109 Å². The Bertz CT molecular complexity index is 1060. The molecule has 1 aromatic heterocycles. The van der Waals surface area contributed by atoms with E-state index in [0.29, 0.717) is 6.54 Å². The van der Waals surface area contributed by atoms with Crippen LogP contribution in [0.1, 0.15) is 23.6 Å². The van der Waals surface area contributed by atoms with E-state index in [1.54, 1.807) is 0 Å². The van der Waals surface area contributed by atoms with Crippen molar-refractivity contribution in [3.05, 3.63) is 145 Å². The molecule has 0 saturated heterocycles. The first-order valence-electron chi connectivity index (χ1n) is 10.9. The van der Waals surface area contributed by atoms with Crippen LogP contribution in [0.15, 0.2) is 128 Å². The lowest BCUT2D eigenvalue weighted by Crippen LogP contribution is -2.38. The first-order chi connectivity index (χ1) is 15.7. The van der Waals surface area contributed by atoms with Crippen molar-refractivity contribution in [1.82, 2.24) is 9.78 Å². The van der Waals surface area contributed by atoms with Gasteiger partial charge in [0.1, 0.15) is 5.54 Å². The predicted octanol–water partition coefficient (Wildman–Crippen LogP) is 6.29. The maximum atomic E-state index is 5.14. The zero-order chi connectivity index (χ0) is 22.4. The minimum atomic E-state index is -0.606. The first kappa shape index (κ1) is 21.4. The zero-order valence-electron chi connectivity index (χ0n) is 18.6. The number of hydrogen-bond donors (Lipinski definition) is 0. The van der Waals surface area contributed by atoms with Crippen LogP contribution < -0.4 is 4.90 Å². The third-order valence-corrected chi connectivity index (χ3v) is 5.63. The number of nitrogens with zero attached hydrogens (tertiary/aromatic N) is 3. The van der Waals surface area contributed by atoms with Crippen LogP contribution in [-0.2, 0) is 5.54 Å². The van der Waals surface area contributed by atoms with Crippen LogP contribution in [-0.4, -0.2) is 22.9 Å². The SMILES string of the molecule is C=CCN(CC(=C)C)c1ccn(C(c2ccccc2)(c2ccccc2)c2ccccc2)n1. The molecule has 3 nitrogen and oxygen atoms in total. The van der Waals surface area contributed by atoms with E-state index in [0.717, 1.165) is 34.6 Å². The van der Waals surface area contributed by atoms with Crippen LogP contribution in [0.2, 0.25) is 0 Å². The summed E-state index contributed by atoms with van der Waals surface area (Å²) in [5.41, 5.74) is 3.94. The van der Waals surface area contributed by atoms with Gasteiger partial charge in [-0.2, -0.15) is 5.10 Å². The van der Waals surface area contributed by atoms with Crippen molar-refractivity contribution in [3.63, 3.8) is 0 Å². The molecule has 4 rings (SSSR count). The molecule has 160 valence electrons. The lowest BCUT2D eigenvalue weighted by molar-refractivity contribution is 0.460. The van der Waals surface area contributed by atoms with E-state index < -0.39 is 5.54 Å². The molecule has 0 aliphatic carbocycles. The van der Waals surface area contributed by atoms with E-state index in [9.17, 15) is 0 Å². The van der Waals surface area contributed by atoms with Gasteiger partial charge in [-0.15, -0.1) is 6.58 Å². The van der Waals surface area contributed by atoms with Crippen LogP contribution in [0, 0.1) is 0 Å². The van der Waals surface area contributed by atoms with Crippen molar-refractivity contribution in [3.8, 4) is 0 Å². The fourth-order valence-corrected chi connectivity index (χ4v) is 4.33. The minimum Gasteiger partial charge on any atom is -0.347 e. The van der Waals surface area contributed by atoms with Crippen LogP contribution in [0.5, 0.6) is 0 Å². The van der Waals surface area contributed by atoms with Crippen LogP contribution in [0.25, 0.3) is 0 Å². The van der Waals surface area contributed by atoms with E-state index in [2.05, 4.69) is 126 Å². The Balaban J connectivity index is 1.98. The molecular weight excluding hydrogens is 390 g/mol. The van der Waals surface area contributed by atoms with Crippen LogP contribution in [0.4, 0.5) is 5.82 Å². The van der Waals surface area contributed by atoms with Gasteiger partial charge in [0.15, 0.2) is 5.82 Å². The van der Waals surface area contributed by atoms with E-state index in [-0.39, 0.29) is 0 Å². The summed E-state index contributed by atoms with van der Waals surface area (Å²) in [4.78, 5) is 2.19. The van der Waals surface area contributed by atoms with E-state index in [4.69, 9.17) is 5.10 Å². The van der Waals surface area contributed by atoms with Crippen molar-refractivity contribution >= 4 is 5.82 Å². The van der Waals surface area contributed by atoms with Gasteiger partial charge < -0.3 is 4.90 Å². The molecule has 0 aliphatic rings. The summed E-state index contributed by atoms with van der Waals surface area (Å²) in [5.74, 6) is 0.903. The van der Waals surface area contributed by atoms with Crippen molar-refractivity contribution in [2.24, 2.45) is 0 Å². The number of aromatic nitrogens is 2. The maximum Gasteiger partial charge on any atom is 0.151 e. The van der Waals surface area contributed by atoms with Crippen molar-refractivity contribution in [1.29, 1.82) is 0 Å². The van der Waals surface area contributed by atoms with Crippen LogP contribution in [0.3, 0.4) is 0 Å². The summed E-state index contributed by atoms with van der Waals surface area (Å²) in [6.07, 6.45) is 3.98. The molecule has 0 amide bonds. The average molecular weight is 420 g/mol. The molecule has 3 heteroatoms. The third kappa shape index (κ3) is 4.02. The normalized spacial score (nSPS) is 11.2. The Kier molecular flexibility index (Phi) is 6.37. The molecule has 0 fully saturated rings. The molecule has 1 heterocycles. The van der Waals surface area contributed by atoms with Gasteiger partial charge in [0, 0.05) is 25.4 Å². The maximum absolute atomic E-state index is 5.14. The molecule has 0 unspecified atom stereocenters. The monoisotopic (exact) mass is 419 g/mol. The summed E-state index contributed by atoms with van der Waals surface area (Å²) in [6, 6.07) is 33.8. The standard InChI is InChI=1S/C29H29N3/c1-4-21-31(23-24(2)3)28-20-22-32(30-28)29(25-14-8-5-9-15-25,26-16-10-6-11-17-26)27-18-12-7-13-19-27/h4-20,22H,1-2,21,23H2,3H3. The topological polar surface area (TPSA) is 21.1 Å². The fourth-order valence-electron chi connectivity index (χ4n) is 4.33. The Morgan fingerprint density at radius 2 is 1.31 bits per heavy atom. The van der Waals surface area contributed by atoms with Gasteiger partial charge in [0.05, 0.1) is 0 Å². The summed E-state index contributed by atoms with van der Waals surface area (Å²) < 4.78 is 2.09. The molecule has 0 bridgehead atoms. The average Bonchev–Trinajstić information content (AvgIpc) is 3.32. The lowest BCUT2D eigenvalue weighted by atomic mass is 9.77. The zero-order valence-corrected chi connectivity index (χ0v) is 18.6. The summed E-state index contributed by atoms with van der Waals surface area (Å²) in [7, 11) is 0. The van der Waals surface area contributed by atoms with Gasteiger partial charge in [-0.3, -0.25) is 4.68 Å². The van der Waals surface area contributed by atoms with Crippen LogP contribution >= 0.6 is 0 Å². The predicted molar refractivity (Wildman–Crippen MR) is 134 cm³/mol. The second-order valence-electron chi connectivity index (χ2n) is 8.05. The second kappa shape index (κ2) is 9.52. The largest absolute Gasteiger partial charge is 0.347 e. The van der Waals surface area contributed by atoms with E-state index in [1.807, 2.05) is 13.0 Å². The lowest BCUT2D eigenvalue weighted by Gasteiger charge is -2.36. The number of anilines is 1. The molecule has 32 heavy (non-hydrogen) atoms. The third-order valence-electron chi connectivity index (χ3n) is 5.63. The number of hydrogen-bond acceptors (Lipinski definition) is 2. The summed E-state index contributed by atoms with van der Waals surface area (Å²) >= 11 is 0. The van der Waals surface area contributed by atoms with Gasteiger partial charge in [-0.25, -0.2) is 0 Å². The Labute approximate surface area is 191 Å². The first-order valence-corrected chi connectivity index (χ1v) is 10.9. The molecule has 0 aliphatic heterocycles. The van der Waals surface area contributed by atoms with Crippen molar-refractivity contribution in [2.75, 3.05) is 18.0 Å². The molecule has 0 saturated carbocycles. The minimum absolute atomic E-state index is 0.606. The van der Waals surface area contributed by atoms with Gasteiger partial charge in [0.2, 0.25) is 0 Å². The highest BCUT2D eigenvalue weighted by atomic mass is 15.4. The Morgan fingerprint density at radius 1 is 0.844 bits per heavy atom. The number of benzene rings is 3. The summed E-state index contributed by atoms with van der Waals surface area (Å²) in [5, 5.41) is 5.14. The molecule has 0 radical (unpaired) electrons. The van der Waals surface area contributed by atoms with E-state index in [1.165, 1.54) is 0 Å². The molecule has 3 aromatic carbocycles. The Morgan fingerprint density at radius 3 is 1.72 bits per heavy atom. The molecule has 0 spiro atoms. The quantitative estimate of drug-likeness (QED) is 0.235. The van der Waals surface area contributed by atoms with Gasteiger partial charge >= 0.3 is 0 Å². The summed E-state index contributed by atoms with van der Waals surface area (Å²) in [6.45, 7) is 11.5. The highest BCUT2D eigenvalue weighted by Gasteiger charge is 2.39. The number of rotatable bonds is 9. The fraction of sp³-hybridized carbons (Fsp3) is 0.138. The van der Waals surface area contributed by atoms with Crippen molar-refractivity contribution in [2.45, 2.75) is 12.5 Å². The molecule has 0 atom stereocenters. The molecular formula is C29H29N3. The van der Waals surface area contributed by atoms with Gasteiger partial charge in [0.25, 0.3) is 0 Å². The Hall–Kier alpha value is -3.85. The molecule has 4 aromatic rings. The molecule has 0 N–H and O–H groups in total. The smallest absolute Gasteiger partial charge is 0.151 e. The second-order valence-corrected chi connectivity index (χ2v) is 8.05. The van der Waals surface area contributed by atoms with Gasteiger partial charge in [-0.05, 0) is 23.6 Å². The van der Waals surface area contributed by atoms with E-state index >= 15 is 0 Å².